The van der Waals surface area contributed by atoms with Crippen molar-refractivity contribution in [3.05, 3.63) is 33.9 Å². The molecule has 13 heteroatoms. The van der Waals surface area contributed by atoms with E-state index in [1.54, 1.807) is 0 Å². The number of phosphoric acid groups is 1. The van der Waals surface area contributed by atoms with Crippen LogP contribution in [0.15, 0.2) is 18.2 Å². The van der Waals surface area contributed by atoms with Gasteiger partial charge in [-0.1, -0.05) is 0 Å². The normalized spacial score (nSPS) is 15.2. The Kier molecular flexibility index (Phi) is 8.18. The van der Waals surface area contributed by atoms with Gasteiger partial charge in [0, 0.05) is 6.07 Å². The monoisotopic (exact) mass is 367 g/mol. The van der Waals surface area contributed by atoms with E-state index in [4.69, 9.17) is 5.11 Å². The van der Waals surface area contributed by atoms with Gasteiger partial charge in [0.25, 0.3) is 5.69 Å². The van der Waals surface area contributed by atoms with E-state index in [2.05, 4.69) is 9.05 Å². The number of phosphoric ester groups is 1. The van der Waals surface area contributed by atoms with Crippen molar-refractivity contribution in [1.29, 1.82) is 0 Å². The quantitative estimate of drug-likeness (QED) is 0.292. The second kappa shape index (κ2) is 8.43. The molecule has 1 rings (SSSR count). The molecule has 0 aliphatic rings. The molecule has 0 bridgehead atoms. The SMILES string of the molecule is C[C@@H](O)COP(=O)([O-])Oc1ccc([N+](=O)[O-])c(C(F)(F)F)c1.[Na+]. The summed E-state index contributed by atoms with van der Waals surface area (Å²) in [4.78, 5) is 20.6. The topological polar surface area (TPSA) is 122 Å². The number of aliphatic hydroxyl groups excluding tert-OH is 1. The summed E-state index contributed by atoms with van der Waals surface area (Å²) in [7, 11) is -5.03. The maximum Gasteiger partial charge on any atom is 1.00 e. The van der Waals surface area contributed by atoms with E-state index in [0.29, 0.717) is 12.1 Å². The second-order valence-electron chi connectivity index (χ2n) is 4.12. The van der Waals surface area contributed by atoms with Gasteiger partial charge >= 0.3 is 43.6 Å². The van der Waals surface area contributed by atoms with Crippen molar-refractivity contribution in [3.63, 3.8) is 0 Å². The average Bonchev–Trinajstić information content (AvgIpc) is 2.34. The molecule has 0 fully saturated rings. The number of nitro groups is 1. The van der Waals surface area contributed by atoms with Crippen LogP contribution in [0, 0.1) is 10.1 Å². The Morgan fingerprint density at radius 1 is 1.43 bits per heavy atom. The predicted octanol–water partition coefficient (Wildman–Crippen LogP) is -1.14. The Morgan fingerprint density at radius 3 is 2.43 bits per heavy atom. The number of alkyl halides is 3. The average molecular weight is 367 g/mol. The second-order valence-corrected chi connectivity index (χ2v) is 5.45. The van der Waals surface area contributed by atoms with E-state index in [1.165, 1.54) is 6.92 Å². The molecule has 0 aliphatic carbocycles. The van der Waals surface area contributed by atoms with Crippen LogP contribution in [0.2, 0.25) is 0 Å². The zero-order valence-electron chi connectivity index (χ0n) is 11.9. The first-order chi connectivity index (χ1) is 9.92. The van der Waals surface area contributed by atoms with E-state index >= 15 is 0 Å². The molecule has 0 aliphatic heterocycles. The van der Waals surface area contributed by atoms with E-state index in [9.17, 15) is 32.7 Å². The first-order valence-corrected chi connectivity index (χ1v) is 7.07. The molecule has 2 atom stereocenters. The molecule has 0 saturated carbocycles. The number of halogens is 3. The number of nitrogens with zero attached hydrogens (tertiary/aromatic N) is 1. The van der Waals surface area contributed by atoms with Crippen LogP contribution in [0.25, 0.3) is 0 Å². The zero-order valence-corrected chi connectivity index (χ0v) is 14.8. The van der Waals surface area contributed by atoms with E-state index in [-0.39, 0.29) is 35.6 Å². The third-order valence-electron chi connectivity index (χ3n) is 2.16. The Hall–Kier alpha value is -0.680. The Balaban J connectivity index is 0.00000484. The molecule has 1 unspecified atom stereocenters. The standard InChI is InChI=1S/C10H11F3NO7P.Na/c1-6(15)5-20-22(18,19)21-7-2-3-9(14(16)17)8(4-7)10(11,12)13;/h2-4,6,15H,5H2,1H3,(H,18,19);/q;+1/p-1/t6-;/m1./s1. The van der Waals surface area contributed by atoms with Crippen LogP contribution in [0.3, 0.4) is 0 Å². The van der Waals surface area contributed by atoms with E-state index in [1.807, 2.05) is 0 Å². The van der Waals surface area contributed by atoms with Crippen molar-refractivity contribution < 1.29 is 71.3 Å². The summed E-state index contributed by atoms with van der Waals surface area (Å²) in [5, 5.41) is 19.4. The molecule has 23 heavy (non-hydrogen) atoms. The summed E-state index contributed by atoms with van der Waals surface area (Å²) < 4.78 is 57.9. The molecule has 0 spiro atoms. The molecule has 1 N–H and O–H groups in total. The van der Waals surface area contributed by atoms with Gasteiger partial charge in [-0.3, -0.25) is 14.7 Å². The van der Waals surface area contributed by atoms with E-state index in [0.717, 1.165) is 0 Å². The van der Waals surface area contributed by atoms with Crippen LogP contribution in [0.4, 0.5) is 18.9 Å². The molecule has 0 heterocycles. The van der Waals surface area contributed by atoms with Gasteiger partial charge in [0.1, 0.15) is 11.3 Å². The summed E-state index contributed by atoms with van der Waals surface area (Å²) in [6.07, 6.45) is -6.22. The number of hydrogen-bond acceptors (Lipinski definition) is 7. The molecular weight excluding hydrogens is 357 g/mol. The Labute approximate surface area is 150 Å². The van der Waals surface area contributed by atoms with Crippen molar-refractivity contribution in [1.82, 2.24) is 0 Å². The van der Waals surface area contributed by atoms with Crippen LogP contribution in [-0.4, -0.2) is 22.7 Å². The fraction of sp³-hybridized carbons (Fsp3) is 0.400. The first-order valence-electron chi connectivity index (χ1n) is 5.61. The molecule has 124 valence electrons. The van der Waals surface area contributed by atoms with Gasteiger partial charge < -0.3 is 19.0 Å². The maximum absolute atomic E-state index is 12.7. The largest absolute Gasteiger partial charge is 1.00 e. The summed E-state index contributed by atoms with van der Waals surface area (Å²) >= 11 is 0. The molecule has 0 aromatic heterocycles. The van der Waals surface area contributed by atoms with Crippen molar-refractivity contribution >= 4 is 13.5 Å². The van der Waals surface area contributed by atoms with Crippen molar-refractivity contribution in [3.8, 4) is 5.75 Å². The Morgan fingerprint density at radius 2 is 2.00 bits per heavy atom. The van der Waals surface area contributed by atoms with Crippen LogP contribution in [-0.2, 0) is 15.3 Å². The molecule has 1 aromatic rings. The summed E-state index contributed by atoms with van der Waals surface area (Å²) in [5.41, 5.74) is -2.91. The molecule has 1 aromatic carbocycles. The summed E-state index contributed by atoms with van der Waals surface area (Å²) in [6, 6.07) is 1.32. The number of nitro benzene ring substituents is 1. The fourth-order valence-electron chi connectivity index (χ4n) is 1.31. The van der Waals surface area contributed by atoms with Crippen molar-refractivity contribution in [2.24, 2.45) is 0 Å². The van der Waals surface area contributed by atoms with Crippen LogP contribution >= 0.6 is 7.82 Å². The van der Waals surface area contributed by atoms with E-state index < -0.39 is 48.6 Å². The van der Waals surface area contributed by atoms with Gasteiger partial charge in [-0.15, -0.1) is 0 Å². The minimum Gasteiger partial charge on any atom is -0.746 e. The smallest absolute Gasteiger partial charge is 0.746 e. The van der Waals surface area contributed by atoms with Crippen LogP contribution in [0.5, 0.6) is 5.75 Å². The molecule has 8 nitrogen and oxygen atoms in total. The zero-order chi connectivity index (χ0) is 17.1. The summed E-state index contributed by atoms with van der Waals surface area (Å²) in [5.74, 6) is -0.804. The van der Waals surface area contributed by atoms with Crippen LogP contribution in [0.1, 0.15) is 12.5 Å². The molecule has 0 radical (unpaired) electrons. The molecule has 0 amide bonds. The van der Waals surface area contributed by atoms with Crippen molar-refractivity contribution in [2.45, 2.75) is 19.2 Å². The predicted molar refractivity (Wildman–Crippen MR) is 64.0 cm³/mol. The molecule has 0 saturated heterocycles. The molecular formula is C10H10F3NNaO7P. The summed E-state index contributed by atoms with van der Waals surface area (Å²) in [6.45, 7) is 0.563. The van der Waals surface area contributed by atoms with Gasteiger partial charge in [0.15, 0.2) is 0 Å². The van der Waals surface area contributed by atoms with Gasteiger partial charge in [0.2, 0.25) is 0 Å². The van der Waals surface area contributed by atoms with Gasteiger partial charge in [0.05, 0.1) is 17.6 Å². The number of rotatable bonds is 6. The Bertz CT molecular complexity index is 611. The maximum atomic E-state index is 12.7. The van der Waals surface area contributed by atoms with Crippen molar-refractivity contribution in [2.75, 3.05) is 6.61 Å². The number of benzene rings is 1. The third kappa shape index (κ3) is 7.17. The first kappa shape index (κ1) is 22.3. The third-order valence-corrected chi connectivity index (χ3v) is 3.06. The number of aliphatic hydroxyl groups is 1. The minimum absolute atomic E-state index is 0. The van der Waals surface area contributed by atoms with Gasteiger partial charge in [-0.25, -0.2) is 0 Å². The fourth-order valence-corrected chi connectivity index (χ4v) is 2.14. The van der Waals surface area contributed by atoms with Gasteiger partial charge in [-0.2, -0.15) is 13.2 Å². The minimum atomic E-state index is -5.07. The number of hydrogen-bond donors (Lipinski definition) is 1. The van der Waals surface area contributed by atoms with Crippen LogP contribution < -0.4 is 39.0 Å². The van der Waals surface area contributed by atoms with Gasteiger partial charge in [-0.05, 0) is 19.1 Å².